The van der Waals surface area contributed by atoms with Crippen molar-refractivity contribution >= 4 is 42.2 Å². The summed E-state index contributed by atoms with van der Waals surface area (Å²) in [5.41, 5.74) is 4.53. The number of rotatable bonds is 37. The van der Waals surface area contributed by atoms with Crippen LogP contribution in [0.3, 0.4) is 0 Å². The number of phosphoric acid groups is 1. The number of hydrogen-bond donors (Lipinski definition) is 2. The monoisotopic (exact) mass is 813 g/mol. The van der Waals surface area contributed by atoms with Gasteiger partial charge in [0.2, 0.25) is 5.52 Å². The predicted molar refractivity (Wildman–Crippen MR) is 212 cm³/mol. The van der Waals surface area contributed by atoms with Crippen molar-refractivity contribution in [2.24, 2.45) is 0 Å². The van der Waals surface area contributed by atoms with Crippen molar-refractivity contribution in [2.75, 3.05) is 38.2 Å². The van der Waals surface area contributed by atoms with Crippen molar-refractivity contribution in [3.63, 3.8) is 0 Å². The van der Waals surface area contributed by atoms with Gasteiger partial charge < -0.3 is 34.5 Å². The maximum absolute atomic E-state index is 12.6. The highest BCUT2D eigenvalue weighted by atomic mass is 31.2. The van der Waals surface area contributed by atoms with E-state index in [0.717, 1.165) is 70.6 Å². The summed E-state index contributed by atoms with van der Waals surface area (Å²) in [6.45, 7) is 2.24. The number of aromatic nitrogens is 2. The Balaban J connectivity index is 1.55. The van der Waals surface area contributed by atoms with E-state index in [-0.39, 0.29) is 43.8 Å². The van der Waals surface area contributed by atoms with Gasteiger partial charge in [0, 0.05) is 25.5 Å². The number of esters is 2. The molecule has 0 radical (unpaired) electrons. The number of non-ortho nitro benzene ring substituents is 1. The molecule has 0 aliphatic rings. The van der Waals surface area contributed by atoms with E-state index < -0.39 is 37.4 Å². The lowest BCUT2D eigenvalue weighted by Crippen LogP contribution is -2.52. The molecule has 2 aromatic rings. The van der Waals surface area contributed by atoms with Crippen LogP contribution < -0.4 is 15.9 Å². The molecule has 56 heavy (non-hydrogen) atoms. The van der Waals surface area contributed by atoms with Crippen LogP contribution in [0.2, 0.25) is 0 Å². The van der Waals surface area contributed by atoms with Gasteiger partial charge in [0.25, 0.3) is 7.82 Å². The fourth-order valence-electron chi connectivity index (χ4n) is 6.29. The first-order valence-corrected chi connectivity index (χ1v) is 22.5. The maximum Gasteiger partial charge on any atom is 0.306 e. The number of nitro benzene ring substituents is 1. The SMILES string of the molecule is CCCCCCCCCCCCCCCC(=O)OC[C@H](COP(=O)([O-])OCC[NH3+])OC(=O)CCCCCCCCCCCNc1ccc([N+](=O)[O-])c2nonc12. The Labute approximate surface area is 332 Å². The summed E-state index contributed by atoms with van der Waals surface area (Å²) in [4.78, 5) is 47.7. The smallest absolute Gasteiger partial charge is 0.306 e. The van der Waals surface area contributed by atoms with Gasteiger partial charge in [-0.15, -0.1) is 0 Å². The van der Waals surface area contributed by atoms with Crippen molar-refractivity contribution < 1.29 is 52.9 Å². The number of nitrogens with zero attached hydrogens (tertiary/aromatic N) is 3. The molecule has 0 aliphatic heterocycles. The lowest BCUT2D eigenvalue weighted by molar-refractivity contribution is -0.383. The molecular formula is C39H68N5O11P. The summed E-state index contributed by atoms with van der Waals surface area (Å²) in [5.74, 6) is -0.925. The van der Waals surface area contributed by atoms with Crippen molar-refractivity contribution in [3.8, 4) is 0 Å². The quantitative estimate of drug-likeness (QED) is 0.0216. The van der Waals surface area contributed by atoms with Crippen LogP contribution in [-0.4, -0.2) is 66.2 Å². The summed E-state index contributed by atoms with van der Waals surface area (Å²) in [7, 11) is -4.62. The van der Waals surface area contributed by atoms with E-state index in [9.17, 15) is 29.2 Å². The van der Waals surface area contributed by atoms with Crippen molar-refractivity contribution in [3.05, 3.63) is 22.2 Å². The van der Waals surface area contributed by atoms with Crippen LogP contribution in [0.25, 0.3) is 11.0 Å². The van der Waals surface area contributed by atoms with E-state index in [4.69, 9.17) is 23.2 Å². The molecule has 320 valence electrons. The van der Waals surface area contributed by atoms with Crippen LogP contribution in [0, 0.1) is 10.1 Å². The second kappa shape index (κ2) is 30.9. The number of nitro groups is 1. The molecule has 2 atom stereocenters. The molecule has 0 saturated carbocycles. The number of phosphoric ester groups is 1. The maximum atomic E-state index is 12.6. The van der Waals surface area contributed by atoms with Crippen molar-refractivity contribution in [2.45, 2.75) is 167 Å². The number of carbonyl (C=O) groups is 2. The van der Waals surface area contributed by atoms with E-state index >= 15 is 0 Å². The third kappa shape index (κ3) is 23.2. The van der Waals surface area contributed by atoms with Gasteiger partial charge in [-0.3, -0.25) is 24.3 Å². The highest BCUT2D eigenvalue weighted by Crippen LogP contribution is 2.38. The third-order valence-electron chi connectivity index (χ3n) is 9.49. The zero-order valence-electron chi connectivity index (χ0n) is 33.7. The Morgan fingerprint density at radius 1 is 0.768 bits per heavy atom. The lowest BCUT2D eigenvalue weighted by atomic mass is 10.0. The van der Waals surface area contributed by atoms with Gasteiger partial charge in [-0.2, -0.15) is 0 Å². The Bertz CT molecular complexity index is 1410. The van der Waals surface area contributed by atoms with Crippen molar-refractivity contribution in [1.29, 1.82) is 0 Å². The molecule has 0 bridgehead atoms. The number of ether oxygens (including phenoxy) is 2. The molecule has 0 amide bonds. The fraction of sp³-hybridized carbons (Fsp3) is 0.795. The predicted octanol–water partition coefficient (Wildman–Crippen LogP) is 8.12. The number of quaternary nitrogens is 1. The molecule has 1 aromatic heterocycles. The van der Waals surface area contributed by atoms with E-state index in [1.165, 1.54) is 63.9 Å². The molecule has 0 saturated heterocycles. The van der Waals surface area contributed by atoms with Crippen LogP contribution in [0.1, 0.15) is 161 Å². The van der Waals surface area contributed by atoms with E-state index in [0.29, 0.717) is 30.6 Å². The molecule has 0 aliphatic carbocycles. The number of fused-ring (bicyclic) bond motifs is 1. The molecule has 1 heterocycles. The van der Waals surface area contributed by atoms with E-state index in [1.54, 1.807) is 6.07 Å². The van der Waals surface area contributed by atoms with E-state index in [1.807, 2.05) is 0 Å². The third-order valence-corrected chi connectivity index (χ3v) is 10.5. The largest absolute Gasteiger partial charge is 0.756 e. The number of anilines is 1. The van der Waals surface area contributed by atoms with Gasteiger partial charge in [0.05, 0.1) is 23.8 Å². The minimum Gasteiger partial charge on any atom is -0.756 e. The lowest BCUT2D eigenvalue weighted by Gasteiger charge is -2.25. The molecule has 2 rings (SSSR count). The van der Waals surface area contributed by atoms with Crippen molar-refractivity contribution in [1.82, 2.24) is 10.3 Å². The highest BCUT2D eigenvalue weighted by molar-refractivity contribution is 7.45. The van der Waals surface area contributed by atoms with Gasteiger partial charge in [-0.25, -0.2) is 4.63 Å². The van der Waals surface area contributed by atoms with Gasteiger partial charge in [0.15, 0.2) is 11.6 Å². The van der Waals surface area contributed by atoms with Crippen LogP contribution in [0.4, 0.5) is 11.4 Å². The van der Waals surface area contributed by atoms with Gasteiger partial charge in [-0.1, -0.05) is 129 Å². The Hall–Kier alpha value is -3.17. The van der Waals surface area contributed by atoms with Gasteiger partial charge in [0.1, 0.15) is 13.2 Å². The first-order chi connectivity index (χ1) is 27.2. The highest BCUT2D eigenvalue weighted by Gasteiger charge is 2.22. The Morgan fingerprint density at radius 2 is 1.29 bits per heavy atom. The minimum absolute atomic E-state index is 0.128. The normalized spacial score (nSPS) is 13.1. The Kier molecular flexibility index (Phi) is 27.0. The van der Waals surface area contributed by atoms with Crippen LogP contribution >= 0.6 is 7.82 Å². The summed E-state index contributed by atoms with van der Waals surface area (Å²) >= 11 is 0. The first kappa shape index (κ1) is 49.0. The molecule has 17 heteroatoms. The molecule has 0 fully saturated rings. The number of nitrogens with one attached hydrogen (secondary N) is 1. The van der Waals surface area contributed by atoms with Crippen LogP contribution in [0.5, 0.6) is 0 Å². The second-order valence-electron chi connectivity index (χ2n) is 14.4. The standard InChI is InChI=1S/C39H68N5O11P/c1-2-3-4-5-6-7-8-9-10-12-15-18-21-24-36(45)51-31-33(32-53-56(49,50)52-30-28-40)54-37(46)25-22-19-16-13-11-14-17-20-23-29-41-34-26-27-35(44(47)48)39-38(34)42-55-43-39/h26-27,33,41H,2-25,28-32,40H2,1H3,(H,49,50)/t33-/m1/s1. The zero-order chi connectivity index (χ0) is 40.7. The second-order valence-corrected chi connectivity index (χ2v) is 15.8. The first-order valence-electron chi connectivity index (χ1n) is 21.0. The molecule has 1 unspecified atom stereocenters. The van der Waals surface area contributed by atoms with E-state index in [2.05, 4.69) is 28.3 Å². The van der Waals surface area contributed by atoms with Gasteiger partial charge in [-0.05, 0) is 35.6 Å². The number of carbonyl (C=O) groups excluding carboxylic acids is 2. The summed E-state index contributed by atoms with van der Waals surface area (Å²) in [6.07, 6.45) is 23.7. The number of benzene rings is 1. The number of hydrogen-bond acceptors (Lipinski definition) is 14. The average Bonchev–Trinajstić information content (AvgIpc) is 3.68. The molecule has 0 spiro atoms. The summed E-state index contributed by atoms with van der Waals surface area (Å²) in [6, 6.07) is 3.01. The number of unbranched alkanes of at least 4 members (excludes halogenated alkanes) is 20. The summed E-state index contributed by atoms with van der Waals surface area (Å²) < 4.78 is 37.2. The van der Waals surface area contributed by atoms with Crippen LogP contribution in [0.15, 0.2) is 16.8 Å². The van der Waals surface area contributed by atoms with Gasteiger partial charge >= 0.3 is 17.6 Å². The molecule has 1 aromatic carbocycles. The topological polar surface area (TPSA) is 233 Å². The fourth-order valence-corrected chi connectivity index (χ4v) is 7.07. The summed E-state index contributed by atoms with van der Waals surface area (Å²) in [5, 5.41) is 21.8. The molecule has 4 N–H and O–H groups in total. The Morgan fingerprint density at radius 3 is 1.84 bits per heavy atom. The molecular weight excluding hydrogens is 745 g/mol. The zero-order valence-corrected chi connectivity index (χ0v) is 34.6. The average molecular weight is 814 g/mol. The molecule has 16 nitrogen and oxygen atoms in total. The van der Waals surface area contributed by atoms with Crippen LogP contribution in [-0.2, 0) is 32.7 Å². The minimum atomic E-state index is -4.62.